The van der Waals surface area contributed by atoms with E-state index < -0.39 is 5.97 Å². The number of carbonyl (C=O) groups is 1. The highest BCUT2D eigenvalue weighted by molar-refractivity contribution is 6.32. The Balaban J connectivity index is 2.85. The van der Waals surface area contributed by atoms with Gasteiger partial charge in [-0.25, -0.2) is 4.79 Å². The lowest BCUT2D eigenvalue weighted by Crippen LogP contribution is -2.04. The van der Waals surface area contributed by atoms with Crippen LogP contribution in [0, 0.1) is 5.92 Å². The molecule has 0 fully saturated rings. The highest BCUT2D eigenvalue weighted by atomic mass is 35.5. The minimum atomic E-state index is -0.889. The van der Waals surface area contributed by atoms with Crippen LogP contribution in [0.1, 0.15) is 6.92 Å². The predicted molar refractivity (Wildman–Crippen MR) is 38.8 cm³/mol. The fraction of sp³-hybridized carbons (Fsp3) is 0.286. The monoisotopic (exact) mass is 158 g/mol. The fourth-order valence-electron chi connectivity index (χ4n) is 0.913. The molecule has 1 N–H and O–H groups in total. The van der Waals surface area contributed by atoms with Crippen molar-refractivity contribution in [1.29, 1.82) is 0 Å². The van der Waals surface area contributed by atoms with Crippen LogP contribution in [0.2, 0.25) is 0 Å². The van der Waals surface area contributed by atoms with Crippen molar-refractivity contribution in [2.45, 2.75) is 6.92 Å². The van der Waals surface area contributed by atoms with Crippen molar-refractivity contribution in [3.8, 4) is 0 Å². The summed E-state index contributed by atoms with van der Waals surface area (Å²) >= 11 is 5.57. The van der Waals surface area contributed by atoms with E-state index in [0.29, 0.717) is 10.6 Å². The van der Waals surface area contributed by atoms with E-state index in [9.17, 15) is 4.79 Å². The molecule has 1 aliphatic rings. The first-order chi connectivity index (χ1) is 4.61. The number of hydrogen-bond acceptors (Lipinski definition) is 1. The van der Waals surface area contributed by atoms with Gasteiger partial charge in [0, 0.05) is 16.5 Å². The molecule has 1 unspecified atom stereocenters. The molecule has 0 amide bonds. The van der Waals surface area contributed by atoms with Gasteiger partial charge in [-0.2, -0.15) is 0 Å². The van der Waals surface area contributed by atoms with Crippen LogP contribution in [-0.2, 0) is 4.79 Å². The Morgan fingerprint density at radius 1 is 1.80 bits per heavy atom. The van der Waals surface area contributed by atoms with Crippen molar-refractivity contribution >= 4 is 17.6 Å². The van der Waals surface area contributed by atoms with Gasteiger partial charge in [-0.15, -0.1) is 0 Å². The molecule has 1 aliphatic carbocycles. The molecule has 0 bridgehead atoms. The predicted octanol–water partition coefficient (Wildman–Crippen LogP) is 1.77. The summed E-state index contributed by atoms with van der Waals surface area (Å²) in [6, 6.07) is 0. The van der Waals surface area contributed by atoms with Crippen molar-refractivity contribution in [3.63, 3.8) is 0 Å². The van der Waals surface area contributed by atoms with E-state index in [0.717, 1.165) is 0 Å². The SMILES string of the molecule is CC1C=C(Cl)C=C1C(=O)O. The summed E-state index contributed by atoms with van der Waals surface area (Å²) in [5.41, 5.74) is 0.366. The van der Waals surface area contributed by atoms with Crippen LogP contribution in [-0.4, -0.2) is 11.1 Å². The van der Waals surface area contributed by atoms with E-state index in [1.165, 1.54) is 6.08 Å². The minimum absolute atomic E-state index is 0.0509. The molecule has 0 radical (unpaired) electrons. The number of halogens is 1. The lowest BCUT2D eigenvalue weighted by Gasteiger charge is -1.99. The topological polar surface area (TPSA) is 37.3 Å². The molecule has 0 spiro atoms. The van der Waals surface area contributed by atoms with E-state index in [4.69, 9.17) is 16.7 Å². The van der Waals surface area contributed by atoms with Crippen LogP contribution in [0.3, 0.4) is 0 Å². The zero-order valence-corrected chi connectivity index (χ0v) is 6.22. The molecule has 0 aromatic heterocycles. The standard InChI is InChI=1S/C7H7ClO2/c1-4-2-5(8)3-6(4)7(9)10/h2-4H,1H3,(H,9,10). The van der Waals surface area contributed by atoms with Crippen molar-refractivity contribution in [3.05, 3.63) is 22.8 Å². The van der Waals surface area contributed by atoms with Crippen LogP contribution in [0.4, 0.5) is 0 Å². The summed E-state index contributed by atoms with van der Waals surface area (Å²) in [6.07, 6.45) is 3.19. The number of carboxylic acid groups (broad SMARTS) is 1. The van der Waals surface area contributed by atoms with Gasteiger partial charge in [0.05, 0.1) is 0 Å². The lowest BCUT2D eigenvalue weighted by atomic mass is 10.1. The molecule has 54 valence electrons. The van der Waals surface area contributed by atoms with E-state index in [1.54, 1.807) is 13.0 Å². The van der Waals surface area contributed by atoms with E-state index in [2.05, 4.69) is 0 Å². The quantitative estimate of drug-likeness (QED) is 0.632. The van der Waals surface area contributed by atoms with Gasteiger partial charge in [0.2, 0.25) is 0 Å². The van der Waals surface area contributed by atoms with Crippen molar-refractivity contribution in [2.75, 3.05) is 0 Å². The van der Waals surface area contributed by atoms with Crippen LogP contribution >= 0.6 is 11.6 Å². The molecule has 2 nitrogen and oxygen atoms in total. The third-order valence-electron chi connectivity index (χ3n) is 1.44. The second-order valence-corrected chi connectivity index (χ2v) is 2.68. The Kier molecular flexibility index (Phi) is 1.81. The summed E-state index contributed by atoms with van der Waals surface area (Å²) < 4.78 is 0. The Labute approximate surface area is 63.8 Å². The van der Waals surface area contributed by atoms with Crippen molar-refractivity contribution in [1.82, 2.24) is 0 Å². The zero-order valence-electron chi connectivity index (χ0n) is 5.47. The normalized spacial score (nSPS) is 24.0. The minimum Gasteiger partial charge on any atom is -0.478 e. The summed E-state index contributed by atoms with van der Waals surface area (Å²) in [7, 11) is 0. The molecule has 0 saturated heterocycles. The number of allylic oxidation sites excluding steroid dienone is 3. The Morgan fingerprint density at radius 2 is 2.40 bits per heavy atom. The van der Waals surface area contributed by atoms with Gasteiger partial charge in [0.1, 0.15) is 0 Å². The third-order valence-corrected chi connectivity index (χ3v) is 1.68. The van der Waals surface area contributed by atoms with Gasteiger partial charge in [-0.1, -0.05) is 24.6 Å². The molecule has 0 aromatic rings. The average Bonchev–Trinajstić information content (AvgIpc) is 2.10. The average molecular weight is 159 g/mol. The van der Waals surface area contributed by atoms with Gasteiger partial charge >= 0.3 is 5.97 Å². The third kappa shape index (κ3) is 1.21. The fourth-order valence-corrected chi connectivity index (χ4v) is 1.22. The van der Waals surface area contributed by atoms with Crippen LogP contribution in [0.25, 0.3) is 0 Å². The molecular weight excluding hydrogens is 152 g/mol. The zero-order chi connectivity index (χ0) is 7.72. The van der Waals surface area contributed by atoms with Crippen LogP contribution in [0.5, 0.6) is 0 Å². The maximum atomic E-state index is 10.4. The molecule has 0 saturated carbocycles. The van der Waals surface area contributed by atoms with E-state index >= 15 is 0 Å². The van der Waals surface area contributed by atoms with Crippen molar-refractivity contribution in [2.24, 2.45) is 5.92 Å². The lowest BCUT2D eigenvalue weighted by molar-refractivity contribution is -0.133. The number of hydrogen-bond donors (Lipinski definition) is 1. The smallest absolute Gasteiger partial charge is 0.332 e. The molecule has 0 heterocycles. The molecule has 3 heteroatoms. The number of carboxylic acids is 1. The van der Waals surface area contributed by atoms with Gasteiger partial charge in [0.15, 0.2) is 0 Å². The molecule has 0 aromatic carbocycles. The largest absolute Gasteiger partial charge is 0.478 e. The molecular formula is C7H7ClO2. The van der Waals surface area contributed by atoms with Crippen LogP contribution < -0.4 is 0 Å². The number of rotatable bonds is 1. The summed E-state index contributed by atoms with van der Waals surface area (Å²) in [5, 5.41) is 9.06. The first-order valence-corrected chi connectivity index (χ1v) is 3.31. The van der Waals surface area contributed by atoms with Gasteiger partial charge in [-0.3, -0.25) is 0 Å². The van der Waals surface area contributed by atoms with Gasteiger partial charge in [0.25, 0.3) is 0 Å². The van der Waals surface area contributed by atoms with E-state index in [1.807, 2.05) is 0 Å². The maximum absolute atomic E-state index is 10.4. The molecule has 10 heavy (non-hydrogen) atoms. The van der Waals surface area contributed by atoms with E-state index in [-0.39, 0.29) is 5.92 Å². The summed E-state index contributed by atoms with van der Waals surface area (Å²) in [4.78, 5) is 10.4. The molecule has 0 aliphatic heterocycles. The first kappa shape index (κ1) is 7.35. The first-order valence-electron chi connectivity index (χ1n) is 2.93. The highest BCUT2D eigenvalue weighted by Gasteiger charge is 2.19. The summed E-state index contributed by atoms with van der Waals surface area (Å²) in [6.45, 7) is 1.80. The molecule has 1 rings (SSSR count). The maximum Gasteiger partial charge on any atom is 0.332 e. The van der Waals surface area contributed by atoms with Crippen molar-refractivity contribution < 1.29 is 9.90 Å². The second kappa shape index (κ2) is 2.46. The van der Waals surface area contributed by atoms with Crippen LogP contribution in [0.15, 0.2) is 22.8 Å². The Hall–Kier alpha value is -0.760. The summed E-state index contributed by atoms with van der Waals surface area (Å²) in [5.74, 6) is -0.940. The van der Waals surface area contributed by atoms with Gasteiger partial charge in [-0.05, 0) is 6.08 Å². The number of aliphatic carboxylic acids is 1. The van der Waals surface area contributed by atoms with Gasteiger partial charge < -0.3 is 5.11 Å². The second-order valence-electron chi connectivity index (χ2n) is 2.25. The Bertz CT molecular complexity index is 228. The Morgan fingerprint density at radius 3 is 2.60 bits per heavy atom. The highest BCUT2D eigenvalue weighted by Crippen LogP contribution is 2.25. The molecule has 1 atom stereocenters.